The highest BCUT2D eigenvalue weighted by Crippen LogP contribution is 2.33. The van der Waals surface area contributed by atoms with E-state index in [1.165, 1.54) is 6.07 Å². The van der Waals surface area contributed by atoms with Gasteiger partial charge >= 0.3 is 6.18 Å². The fourth-order valence-corrected chi connectivity index (χ4v) is 3.57. The molecule has 3 N–H and O–H groups in total. The molecule has 116 valence electrons. The van der Waals surface area contributed by atoms with E-state index in [1.807, 2.05) is 6.26 Å². The van der Waals surface area contributed by atoms with Crippen molar-refractivity contribution < 1.29 is 13.2 Å². The summed E-state index contributed by atoms with van der Waals surface area (Å²) in [6.45, 7) is 0. The molecule has 1 heterocycles. The SMILES string of the molecule is CSC1CCCC1Nc1nc(C(F)(F)F)ccc1C(N)=S. The number of thioether (sulfide) groups is 1. The molecule has 0 aliphatic heterocycles. The van der Waals surface area contributed by atoms with E-state index in [1.54, 1.807) is 11.8 Å². The zero-order valence-corrected chi connectivity index (χ0v) is 13.0. The minimum Gasteiger partial charge on any atom is -0.389 e. The van der Waals surface area contributed by atoms with Crippen molar-refractivity contribution in [3.8, 4) is 0 Å². The Hall–Kier alpha value is -1.02. The quantitative estimate of drug-likeness (QED) is 0.826. The summed E-state index contributed by atoms with van der Waals surface area (Å²) in [7, 11) is 0. The second kappa shape index (κ2) is 6.39. The van der Waals surface area contributed by atoms with Crippen LogP contribution in [0.25, 0.3) is 0 Å². The third kappa shape index (κ3) is 3.79. The van der Waals surface area contributed by atoms with Gasteiger partial charge in [-0.15, -0.1) is 0 Å². The summed E-state index contributed by atoms with van der Waals surface area (Å²) >= 11 is 6.60. The average Bonchev–Trinajstić information content (AvgIpc) is 2.84. The maximum Gasteiger partial charge on any atom is 0.433 e. The molecule has 0 aromatic carbocycles. The number of anilines is 1. The summed E-state index contributed by atoms with van der Waals surface area (Å²) < 4.78 is 38.4. The van der Waals surface area contributed by atoms with Crippen LogP contribution in [0.2, 0.25) is 0 Å². The first-order valence-electron chi connectivity index (χ1n) is 6.50. The second-order valence-electron chi connectivity index (χ2n) is 4.91. The first kappa shape index (κ1) is 16.4. The molecule has 1 aliphatic rings. The molecule has 0 radical (unpaired) electrons. The minimum absolute atomic E-state index is 0.0393. The highest BCUT2D eigenvalue weighted by atomic mass is 32.2. The lowest BCUT2D eigenvalue weighted by atomic mass is 10.2. The molecule has 2 unspecified atom stereocenters. The highest BCUT2D eigenvalue weighted by Gasteiger charge is 2.34. The molecule has 1 aliphatic carbocycles. The highest BCUT2D eigenvalue weighted by molar-refractivity contribution is 7.99. The Morgan fingerprint density at radius 1 is 1.43 bits per heavy atom. The van der Waals surface area contributed by atoms with E-state index in [0.29, 0.717) is 10.8 Å². The number of rotatable bonds is 4. The van der Waals surface area contributed by atoms with Crippen molar-refractivity contribution in [3.63, 3.8) is 0 Å². The number of thiocarbonyl (C=S) groups is 1. The Morgan fingerprint density at radius 2 is 2.14 bits per heavy atom. The van der Waals surface area contributed by atoms with Gasteiger partial charge in [-0.3, -0.25) is 0 Å². The monoisotopic (exact) mass is 335 g/mol. The normalized spacial score (nSPS) is 22.3. The van der Waals surface area contributed by atoms with E-state index < -0.39 is 11.9 Å². The maximum absolute atomic E-state index is 12.8. The van der Waals surface area contributed by atoms with Gasteiger partial charge in [0.25, 0.3) is 0 Å². The van der Waals surface area contributed by atoms with Gasteiger partial charge in [-0.2, -0.15) is 24.9 Å². The van der Waals surface area contributed by atoms with Crippen LogP contribution >= 0.6 is 24.0 Å². The number of nitrogens with zero attached hydrogens (tertiary/aromatic N) is 1. The Labute approximate surface area is 130 Å². The van der Waals surface area contributed by atoms with Gasteiger partial charge in [-0.05, 0) is 31.2 Å². The lowest BCUT2D eigenvalue weighted by Gasteiger charge is -2.22. The van der Waals surface area contributed by atoms with Crippen molar-refractivity contribution in [2.45, 2.75) is 36.7 Å². The van der Waals surface area contributed by atoms with Crippen LogP contribution < -0.4 is 11.1 Å². The molecule has 3 nitrogen and oxygen atoms in total. The zero-order valence-electron chi connectivity index (χ0n) is 11.4. The average molecular weight is 335 g/mol. The van der Waals surface area contributed by atoms with Gasteiger partial charge in [0, 0.05) is 11.3 Å². The number of pyridine rings is 1. The number of alkyl halides is 3. The van der Waals surface area contributed by atoms with E-state index in [-0.39, 0.29) is 16.8 Å². The van der Waals surface area contributed by atoms with E-state index in [4.69, 9.17) is 18.0 Å². The van der Waals surface area contributed by atoms with Gasteiger partial charge in [0.05, 0.1) is 5.56 Å². The van der Waals surface area contributed by atoms with Gasteiger partial charge < -0.3 is 11.1 Å². The number of hydrogen-bond donors (Lipinski definition) is 2. The number of aromatic nitrogens is 1. The van der Waals surface area contributed by atoms with E-state index in [2.05, 4.69) is 10.3 Å². The van der Waals surface area contributed by atoms with Crippen molar-refractivity contribution >= 4 is 34.8 Å². The fraction of sp³-hybridized carbons (Fsp3) is 0.538. The second-order valence-corrected chi connectivity index (χ2v) is 6.43. The molecule has 1 fully saturated rings. The predicted molar refractivity (Wildman–Crippen MR) is 83.7 cm³/mol. The molecule has 0 amide bonds. The summed E-state index contributed by atoms with van der Waals surface area (Å²) in [5, 5.41) is 3.47. The molecule has 1 aromatic heterocycles. The number of hydrogen-bond acceptors (Lipinski definition) is 4. The first-order chi connectivity index (χ1) is 9.82. The third-order valence-electron chi connectivity index (χ3n) is 3.53. The molecule has 1 saturated carbocycles. The standard InChI is InChI=1S/C13H16F3N3S2/c1-21-9-4-2-3-8(9)18-12-7(11(17)20)5-6-10(19-12)13(14,15)16/h5-6,8-9H,2-4H2,1H3,(H2,17,20)(H,18,19). The van der Waals surface area contributed by atoms with Gasteiger partial charge in [-0.1, -0.05) is 18.6 Å². The molecular weight excluding hydrogens is 319 g/mol. The summed E-state index contributed by atoms with van der Waals surface area (Å²) in [5.74, 6) is 0.128. The first-order valence-corrected chi connectivity index (χ1v) is 8.20. The number of nitrogens with two attached hydrogens (primary N) is 1. The molecule has 1 aromatic rings. The molecule has 2 atom stereocenters. The number of nitrogens with one attached hydrogen (secondary N) is 1. The van der Waals surface area contributed by atoms with Crippen LogP contribution in [0.5, 0.6) is 0 Å². The Kier molecular flexibility index (Phi) is 4.98. The van der Waals surface area contributed by atoms with Crippen LogP contribution in [0.3, 0.4) is 0 Å². The predicted octanol–water partition coefficient (Wildman–Crippen LogP) is 3.43. The van der Waals surface area contributed by atoms with E-state index >= 15 is 0 Å². The maximum atomic E-state index is 12.8. The van der Waals surface area contributed by atoms with Gasteiger partial charge in [0.1, 0.15) is 16.5 Å². The zero-order chi connectivity index (χ0) is 15.6. The van der Waals surface area contributed by atoms with Crippen molar-refractivity contribution in [1.82, 2.24) is 4.98 Å². The van der Waals surface area contributed by atoms with E-state index in [9.17, 15) is 13.2 Å². The minimum atomic E-state index is -4.49. The van der Waals surface area contributed by atoms with Gasteiger partial charge in [0.2, 0.25) is 0 Å². The summed E-state index contributed by atoms with van der Waals surface area (Å²) in [6.07, 6.45) is 0.503. The van der Waals surface area contributed by atoms with Crippen molar-refractivity contribution in [3.05, 3.63) is 23.4 Å². The Bertz CT molecular complexity index is 534. The summed E-state index contributed by atoms with van der Waals surface area (Å²) in [4.78, 5) is 3.72. The molecular formula is C13H16F3N3S2. The third-order valence-corrected chi connectivity index (χ3v) is 4.92. The largest absolute Gasteiger partial charge is 0.433 e. The van der Waals surface area contributed by atoms with Crippen molar-refractivity contribution in [2.75, 3.05) is 11.6 Å². The molecule has 0 spiro atoms. The fourth-order valence-electron chi connectivity index (χ4n) is 2.47. The van der Waals surface area contributed by atoms with Crippen LogP contribution in [-0.2, 0) is 6.18 Å². The smallest absolute Gasteiger partial charge is 0.389 e. The van der Waals surface area contributed by atoms with Crippen LogP contribution in [0.15, 0.2) is 12.1 Å². The molecule has 0 saturated heterocycles. The molecule has 2 rings (SSSR count). The Balaban J connectivity index is 2.32. The van der Waals surface area contributed by atoms with Crippen molar-refractivity contribution in [2.24, 2.45) is 5.73 Å². The number of halogens is 3. The lowest BCUT2D eigenvalue weighted by molar-refractivity contribution is -0.141. The Morgan fingerprint density at radius 3 is 2.71 bits per heavy atom. The summed E-state index contributed by atoms with van der Waals surface area (Å²) in [5.41, 5.74) is 4.99. The van der Waals surface area contributed by atoms with Crippen LogP contribution in [0.4, 0.5) is 19.0 Å². The van der Waals surface area contributed by atoms with Gasteiger partial charge in [0.15, 0.2) is 0 Å². The topological polar surface area (TPSA) is 50.9 Å². The summed E-state index contributed by atoms with van der Waals surface area (Å²) in [6, 6.07) is 2.27. The van der Waals surface area contributed by atoms with E-state index in [0.717, 1.165) is 25.3 Å². The van der Waals surface area contributed by atoms with Crippen LogP contribution in [0, 0.1) is 0 Å². The van der Waals surface area contributed by atoms with Crippen LogP contribution in [0.1, 0.15) is 30.5 Å². The molecule has 8 heteroatoms. The van der Waals surface area contributed by atoms with Crippen molar-refractivity contribution in [1.29, 1.82) is 0 Å². The van der Waals surface area contributed by atoms with Crippen LogP contribution in [-0.4, -0.2) is 27.5 Å². The lowest BCUT2D eigenvalue weighted by Crippen LogP contribution is -2.28. The van der Waals surface area contributed by atoms with Gasteiger partial charge in [-0.25, -0.2) is 4.98 Å². The molecule has 0 bridgehead atoms. The molecule has 21 heavy (non-hydrogen) atoms.